The van der Waals surface area contributed by atoms with Crippen molar-refractivity contribution in [3.63, 3.8) is 0 Å². The molecule has 1 saturated heterocycles. The van der Waals surface area contributed by atoms with Crippen molar-refractivity contribution in [1.82, 2.24) is 9.55 Å². The smallest absolute Gasteiger partial charge is 0.351 e. The molecule has 25 heavy (non-hydrogen) atoms. The summed E-state index contributed by atoms with van der Waals surface area (Å²) < 4.78 is 11.0. The highest BCUT2D eigenvalue weighted by Crippen LogP contribution is 2.28. The minimum Gasteiger partial charge on any atom is -0.461 e. The van der Waals surface area contributed by atoms with E-state index in [0.29, 0.717) is 0 Å². The van der Waals surface area contributed by atoms with E-state index in [-0.39, 0.29) is 18.0 Å². The molecule has 2 heterocycles. The third kappa shape index (κ3) is 4.20. The van der Waals surface area contributed by atoms with Crippen molar-refractivity contribution in [1.29, 1.82) is 0 Å². The van der Waals surface area contributed by atoms with Crippen LogP contribution in [0.2, 0.25) is 0 Å². The number of ether oxygens (including phenoxy) is 2. The Morgan fingerprint density at radius 1 is 1.36 bits per heavy atom. The monoisotopic (exact) mass is 357 g/mol. The molecule has 2 rings (SSSR count). The first kappa shape index (κ1) is 19.0. The van der Waals surface area contributed by atoms with Gasteiger partial charge >= 0.3 is 11.7 Å². The molecule has 0 aliphatic carbocycles. The summed E-state index contributed by atoms with van der Waals surface area (Å²) in [5, 5.41) is 31.3. The zero-order valence-corrected chi connectivity index (χ0v) is 13.6. The number of nitrogens with zero attached hydrogens (tertiary/aromatic N) is 2. The number of rotatable bonds is 5. The molecule has 1 fully saturated rings. The average Bonchev–Trinajstić information content (AvgIpc) is 2.81. The second kappa shape index (κ2) is 7.70. The van der Waals surface area contributed by atoms with Gasteiger partial charge < -0.3 is 30.1 Å². The van der Waals surface area contributed by atoms with Crippen LogP contribution in [0, 0.1) is 0 Å². The van der Waals surface area contributed by atoms with Crippen LogP contribution < -0.4 is 11.0 Å². The van der Waals surface area contributed by atoms with Crippen LogP contribution >= 0.6 is 0 Å². The highest BCUT2D eigenvalue weighted by atomic mass is 16.6. The number of aliphatic hydroxyl groups excluding tert-OH is 3. The van der Waals surface area contributed by atoms with Crippen molar-refractivity contribution in [3.8, 4) is 0 Å². The summed E-state index contributed by atoms with van der Waals surface area (Å²) in [7, 11) is 0. The Hall–Kier alpha value is -2.34. The Morgan fingerprint density at radius 3 is 2.56 bits per heavy atom. The number of carbonyl (C=O) groups is 2. The lowest BCUT2D eigenvalue weighted by Gasteiger charge is -2.19. The Labute approximate surface area is 141 Å². The fourth-order valence-corrected chi connectivity index (χ4v) is 2.36. The predicted molar refractivity (Wildman–Crippen MR) is 81.3 cm³/mol. The van der Waals surface area contributed by atoms with Crippen LogP contribution in [0.3, 0.4) is 0 Å². The normalized spacial score (nSPS) is 25.6. The minimum atomic E-state index is -1.48. The summed E-state index contributed by atoms with van der Waals surface area (Å²) in [6.45, 7) is 1.57. The molecule has 1 aromatic rings. The van der Waals surface area contributed by atoms with Gasteiger partial charge in [0.15, 0.2) is 6.23 Å². The van der Waals surface area contributed by atoms with E-state index in [1.807, 2.05) is 0 Å². The van der Waals surface area contributed by atoms with E-state index in [4.69, 9.17) is 14.6 Å². The van der Waals surface area contributed by atoms with Gasteiger partial charge in [-0.2, -0.15) is 4.98 Å². The number of esters is 1. The SMILES string of the molecule is CC(=O)Nc1nc(=O)n([C@@H]2O[C@H](CO)C(O)C2O)cc1COC(C)=O. The lowest BCUT2D eigenvalue weighted by molar-refractivity contribution is -0.142. The quantitative estimate of drug-likeness (QED) is 0.432. The first-order valence-electron chi connectivity index (χ1n) is 7.40. The Bertz CT molecular complexity index is 719. The van der Waals surface area contributed by atoms with Crippen LogP contribution in [0.4, 0.5) is 5.82 Å². The van der Waals surface area contributed by atoms with Gasteiger partial charge in [-0.05, 0) is 0 Å². The molecule has 0 saturated carbocycles. The van der Waals surface area contributed by atoms with Crippen molar-refractivity contribution in [2.24, 2.45) is 0 Å². The fourth-order valence-electron chi connectivity index (χ4n) is 2.36. The first-order valence-corrected chi connectivity index (χ1v) is 7.40. The number of nitrogens with one attached hydrogen (secondary N) is 1. The molecular weight excluding hydrogens is 338 g/mol. The number of aliphatic hydroxyl groups is 3. The van der Waals surface area contributed by atoms with Gasteiger partial charge in [0.25, 0.3) is 0 Å². The van der Waals surface area contributed by atoms with E-state index in [1.54, 1.807) is 0 Å². The van der Waals surface area contributed by atoms with Crippen molar-refractivity contribution in [2.75, 3.05) is 11.9 Å². The van der Waals surface area contributed by atoms with Crippen molar-refractivity contribution in [2.45, 2.75) is 45.0 Å². The standard InChI is InChI=1S/C14H19N3O8/c1-6(19)15-12-8(5-24-7(2)20)3-17(14(23)16-12)13-11(22)10(21)9(4-18)25-13/h3,9-11,13,18,21-22H,4-5H2,1-2H3,(H,15,16,19,23)/t9-,10?,11?,13-/m1/s1. The Morgan fingerprint density at radius 2 is 2.04 bits per heavy atom. The molecular formula is C14H19N3O8. The van der Waals surface area contributed by atoms with E-state index in [2.05, 4.69) is 10.3 Å². The van der Waals surface area contributed by atoms with Gasteiger partial charge in [0.1, 0.15) is 30.7 Å². The van der Waals surface area contributed by atoms with Gasteiger partial charge in [-0.15, -0.1) is 0 Å². The van der Waals surface area contributed by atoms with E-state index in [0.717, 1.165) is 4.57 Å². The van der Waals surface area contributed by atoms with Gasteiger partial charge in [0.2, 0.25) is 5.91 Å². The lowest BCUT2D eigenvalue weighted by Crippen LogP contribution is -2.36. The Kier molecular flexibility index (Phi) is 5.85. The summed E-state index contributed by atoms with van der Waals surface area (Å²) in [5.41, 5.74) is -0.687. The van der Waals surface area contributed by atoms with Crippen molar-refractivity contribution in [3.05, 3.63) is 22.2 Å². The van der Waals surface area contributed by atoms with E-state index < -0.39 is 48.7 Å². The summed E-state index contributed by atoms with van der Waals surface area (Å²) in [5.74, 6) is -1.16. The molecule has 1 amide bonds. The second-order valence-corrected chi connectivity index (χ2v) is 5.49. The highest BCUT2D eigenvalue weighted by Gasteiger charge is 2.44. The minimum absolute atomic E-state index is 0.0956. The molecule has 4 N–H and O–H groups in total. The number of anilines is 1. The number of aromatic nitrogens is 2. The predicted octanol–water partition coefficient (Wildman–Crippen LogP) is -2.12. The van der Waals surface area contributed by atoms with Gasteiger partial charge in [-0.1, -0.05) is 0 Å². The number of amides is 1. The summed E-state index contributed by atoms with van der Waals surface area (Å²) in [6, 6.07) is 0. The molecule has 1 aliphatic heterocycles. The lowest BCUT2D eigenvalue weighted by atomic mass is 10.1. The maximum absolute atomic E-state index is 12.2. The van der Waals surface area contributed by atoms with E-state index in [1.165, 1.54) is 20.0 Å². The van der Waals surface area contributed by atoms with Crippen LogP contribution in [0.15, 0.2) is 11.0 Å². The van der Waals surface area contributed by atoms with Crippen LogP contribution in [-0.4, -0.2) is 61.7 Å². The maximum atomic E-state index is 12.2. The number of hydrogen-bond donors (Lipinski definition) is 4. The molecule has 0 radical (unpaired) electrons. The molecule has 0 spiro atoms. The third-order valence-electron chi connectivity index (χ3n) is 3.54. The molecule has 11 heteroatoms. The van der Waals surface area contributed by atoms with E-state index in [9.17, 15) is 24.6 Å². The molecule has 0 bridgehead atoms. The van der Waals surface area contributed by atoms with Crippen molar-refractivity contribution >= 4 is 17.7 Å². The molecule has 138 valence electrons. The van der Waals surface area contributed by atoms with Gasteiger partial charge in [-0.25, -0.2) is 4.79 Å². The Balaban J connectivity index is 2.41. The van der Waals surface area contributed by atoms with E-state index >= 15 is 0 Å². The maximum Gasteiger partial charge on any atom is 0.351 e. The average molecular weight is 357 g/mol. The number of hydrogen-bond acceptors (Lipinski definition) is 9. The van der Waals surface area contributed by atoms with Gasteiger partial charge in [0.05, 0.1) is 6.61 Å². The largest absolute Gasteiger partial charge is 0.461 e. The molecule has 0 aromatic carbocycles. The topological polar surface area (TPSA) is 160 Å². The third-order valence-corrected chi connectivity index (χ3v) is 3.54. The molecule has 11 nitrogen and oxygen atoms in total. The van der Waals surface area contributed by atoms with Gasteiger partial charge in [0, 0.05) is 25.6 Å². The molecule has 2 unspecified atom stereocenters. The number of carbonyl (C=O) groups excluding carboxylic acids is 2. The molecule has 1 aromatic heterocycles. The fraction of sp³-hybridized carbons (Fsp3) is 0.571. The summed E-state index contributed by atoms with van der Waals surface area (Å²) >= 11 is 0. The summed E-state index contributed by atoms with van der Waals surface area (Å²) in [6.07, 6.45) is -4.05. The van der Waals surface area contributed by atoms with Crippen molar-refractivity contribution < 1.29 is 34.4 Å². The zero-order chi connectivity index (χ0) is 18.7. The van der Waals surface area contributed by atoms with Crippen LogP contribution in [0.1, 0.15) is 25.6 Å². The molecule has 1 aliphatic rings. The highest BCUT2D eigenvalue weighted by molar-refractivity contribution is 5.88. The second-order valence-electron chi connectivity index (χ2n) is 5.49. The first-order chi connectivity index (χ1) is 11.7. The van der Waals surface area contributed by atoms with Crippen LogP contribution in [0.25, 0.3) is 0 Å². The van der Waals surface area contributed by atoms with Gasteiger partial charge in [-0.3, -0.25) is 14.2 Å². The van der Waals surface area contributed by atoms with Crippen LogP contribution in [0.5, 0.6) is 0 Å². The summed E-state index contributed by atoms with van der Waals surface area (Å²) in [4.78, 5) is 38.1. The molecule has 4 atom stereocenters. The zero-order valence-electron chi connectivity index (χ0n) is 13.6. The van der Waals surface area contributed by atoms with Crippen LogP contribution in [-0.2, 0) is 25.7 Å².